The number of amides is 4. The molecule has 0 radical (unpaired) electrons. The summed E-state index contributed by atoms with van der Waals surface area (Å²) in [5, 5.41) is 2.74. The van der Waals surface area contributed by atoms with Crippen molar-refractivity contribution >= 4 is 29.3 Å². The molecule has 1 N–H and O–H groups in total. The molecule has 1 unspecified atom stereocenters. The molecule has 2 aliphatic heterocycles. The molecular weight excluding hydrogens is 439 g/mol. The van der Waals surface area contributed by atoms with E-state index in [-0.39, 0.29) is 18.2 Å². The fourth-order valence-corrected chi connectivity index (χ4v) is 4.57. The van der Waals surface area contributed by atoms with Crippen LogP contribution in [0.4, 0.5) is 14.9 Å². The van der Waals surface area contributed by atoms with Crippen LogP contribution in [0.25, 0.3) is 0 Å². The number of carbonyl (C=O) groups is 4. The van der Waals surface area contributed by atoms with Crippen LogP contribution < -0.4 is 10.2 Å². The first-order chi connectivity index (χ1) is 16.1. The summed E-state index contributed by atoms with van der Waals surface area (Å²) in [6.07, 6.45) is 0. The zero-order valence-corrected chi connectivity index (χ0v) is 19.4. The molecule has 9 heteroatoms. The van der Waals surface area contributed by atoms with E-state index in [0.29, 0.717) is 43.0 Å². The first kappa shape index (κ1) is 23.4. The third-order valence-corrected chi connectivity index (χ3v) is 6.58. The smallest absolute Gasteiger partial charge is 0.325 e. The number of Topliss-reactive ketones (excluding diaryl/α,β-unsaturated/α-hetero) is 1. The molecule has 2 aromatic rings. The number of hydrogen-bond donors (Lipinski definition) is 1. The number of urea groups is 1. The van der Waals surface area contributed by atoms with Crippen molar-refractivity contribution in [2.45, 2.75) is 26.3 Å². The van der Waals surface area contributed by atoms with Gasteiger partial charge in [-0.1, -0.05) is 24.3 Å². The first-order valence-corrected chi connectivity index (χ1v) is 11.1. The van der Waals surface area contributed by atoms with E-state index in [0.717, 1.165) is 10.5 Å². The minimum absolute atomic E-state index is 0.208. The van der Waals surface area contributed by atoms with E-state index in [2.05, 4.69) is 5.32 Å². The normalized spacial score (nSPS) is 20.5. The van der Waals surface area contributed by atoms with Crippen molar-refractivity contribution in [1.82, 2.24) is 15.1 Å². The van der Waals surface area contributed by atoms with Gasteiger partial charge < -0.3 is 15.1 Å². The molecule has 0 aromatic heterocycles. The highest BCUT2D eigenvalue weighted by atomic mass is 19.1. The van der Waals surface area contributed by atoms with Gasteiger partial charge in [0, 0.05) is 31.7 Å². The van der Waals surface area contributed by atoms with Gasteiger partial charge in [-0.25, -0.2) is 9.18 Å². The second-order valence-corrected chi connectivity index (χ2v) is 8.85. The highest BCUT2D eigenvalue weighted by Crippen LogP contribution is 2.31. The molecule has 2 heterocycles. The predicted octanol–water partition coefficient (Wildman–Crippen LogP) is 2.45. The molecule has 4 rings (SSSR count). The molecule has 8 nitrogen and oxygen atoms in total. The number of hydrogen-bond acceptors (Lipinski definition) is 5. The summed E-state index contributed by atoms with van der Waals surface area (Å²) in [4.78, 5) is 54.5. The van der Waals surface area contributed by atoms with Gasteiger partial charge in [0.15, 0.2) is 5.78 Å². The Morgan fingerprint density at radius 1 is 1.06 bits per heavy atom. The van der Waals surface area contributed by atoms with Gasteiger partial charge >= 0.3 is 6.03 Å². The fourth-order valence-electron chi connectivity index (χ4n) is 4.57. The third kappa shape index (κ3) is 4.13. The number of benzene rings is 2. The van der Waals surface area contributed by atoms with Crippen LogP contribution in [0.15, 0.2) is 42.5 Å². The van der Waals surface area contributed by atoms with Crippen LogP contribution in [-0.2, 0) is 15.1 Å². The zero-order valence-electron chi connectivity index (χ0n) is 19.4. The Labute approximate surface area is 197 Å². The van der Waals surface area contributed by atoms with Crippen LogP contribution in [0.3, 0.4) is 0 Å². The number of rotatable bonds is 5. The Kier molecular flexibility index (Phi) is 6.12. The van der Waals surface area contributed by atoms with Gasteiger partial charge in [0.05, 0.1) is 5.69 Å². The molecule has 0 saturated carbocycles. The van der Waals surface area contributed by atoms with E-state index in [1.807, 2.05) is 24.0 Å². The second-order valence-electron chi connectivity index (χ2n) is 8.85. The van der Waals surface area contributed by atoms with E-state index in [4.69, 9.17) is 0 Å². The molecule has 0 bridgehead atoms. The molecule has 1 atom stereocenters. The number of nitrogens with zero attached hydrogens (tertiary/aromatic N) is 3. The number of aryl methyl sites for hydroxylation is 1. The Morgan fingerprint density at radius 3 is 2.35 bits per heavy atom. The highest BCUT2D eigenvalue weighted by Gasteiger charge is 2.50. The van der Waals surface area contributed by atoms with Gasteiger partial charge in [-0.15, -0.1) is 0 Å². The Balaban J connectivity index is 1.40. The lowest BCUT2D eigenvalue weighted by Gasteiger charge is -2.36. The molecule has 178 valence electrons. The Hall–Kier alpha value is -3.75. The second kappa shape index (κ2) is 8.89. The average molecular weight is 467 g/mol. The molecular formula is C25H27FN4O4. The molecule has 4 amide bonds. The molecule has 0 aliphatic carbocycles. The van der Waals surface area contributed by atoms with Gasteiger partial charge in [-0.05, 0) is 50.1 Å². The maximum Gasteiger partial charge on any atom is 0.325 e. The minimum atomic E-state index is -1.23. The van der Waals surface area contributed by atoms with Gasteiger partial charge in [0.1, 0.15) is 17.9 Å². The van der Waals surface area contributed by atoms with Crippen LogP contribution in [0.2, 0.25) is 0 Å². The summed E-state index contributed by atoms with van der Waals surface area (Å²) >= 11 is 0. The van der Waals surface area contributed by atoms with Crippen molar-refractivity contribution in [3.05, 3.63) is 65.0 Å². The monoisotopic (exact) mass is 466 g/mol. The summed E-state index contributed by atoms with van der Waals surface area (Å²) in [7, 11) is 0. The van der Waals surface area contributed by atoms with Crippen molar-refractivity contribution in [1.29, 1.82) is 0 Å². The molecule has 34 heavy (non-hydrogen) atoms. The molecule has 0 spiro atoms. The number of piperazine rings is 1. The Morgan fingerprint density at radius 2 is 1.74 bits per heavy atom. The van der Waals surface area contributed by atoms with E-state index in [9.17, 15) is 23.6 Å². The Bertz CT molecular complexity index is 1180. The lowest BCUT2D eigenvalue weighted by atomic mass is 9.88. The van der Waals surface area contributed by atoms with Crippen LogP contribution in [0.1, 0.15) is 35.3 Å². The van der Waals surface area contributed by atoms with Crippen LogP contribution >= 0.6 is 0 Å². The van der Waals surface area contributed by atoms with Crippen LogP contribution in [-0.4, -0.2) is 66.2 Å². The summed E-state index contributed by atoms with van der Waals surface area (Å²) in [5.74, 6) is -1.50. The summed E-state index contributed by atoms with van der Waals surface area (Å²) in [6.45, 7) is 5.97. The highest BCUT2D eigenvalue weighted by molar-refractivity contribution is 6.09. The number of anilines is 1. The lowest BCUT2D eigenvalue weighted by Crippen LogP contribution is -2.52. The quantitative estimate of drug-likeness (QED) is 0.540. The SMILES string of the molecule is CC(=O)c1ccc(N2CCN(C(=O)CN3C(=O)NC(C)(c4ccccc4C)C3=O)CC2)c(F)c1. The lowest BCUT2D eigenvalue weighted by molar-refractivity contribution is -0.139. The number of ketones is 1. The van der Waals surface area contributed by atoms with E-state index in [1.54, 1.807) is 36.1 Å². The summed E-state index contributed by atoms with van der Waals surface area (Å²) in [6, 6.07) is 11.1. The zero-order chi connectivity index (χ0) is 24.6. The van der Waals surface area contributed by atoms with E-state index >= 15 is 0 Å². The molecule has 2 fully saturated rings. The topological polar surface area (TPSA) is 90.0 Å². The molecule has 2 saturated heterocycles. The number of halogens is 1. The van der Waals surface area contributed by atoms with Gasteiger partial charge in [0.2, 0.25) is 5.91 Å². The third-order valence-electron chi connectivity index (χ3n) is 6.58. The van der Waals surface area contributed by atoms with Gasteiger partial charge in [-0.3, -0.25) is 19.3 Å². The first-order valence-electron chi connectivity index (χ1n) is 11.1. The number of imide groups is 1. The van der Waals surface area contributed by atoms with Crippen molar-refractivity contribution in [2.24, 2.45) is 0 Å². The summed E-state index contributed by atoms with van der Waals surface area (Å²) in [5.41, 5.74) is 1.01. The number of carbonyl (C=O) groups excluding carboxylic acids is 4. The standard InChI is InChI=1S/C25H27FN4O4/c1-16-6-4-5-7-19(16)25(3)23(33)30(24(34)27-25)15-22(32)29-12-10-28(11-13-29)21-9-8-18(17(2)31)14-20(21)26/h4-9,14H,10-13,15H2,1-3H3,(H,27,34). The largest absolute Gasteiger partial charge is 0.366 e. The number of nitrogens with one attached hydrogen (secondary N) is 1. The summed E-state index contributed by atoms with van der Waals surface area (Å²) < 4.78 is 14.5. The fraction of sp³-hybridized carbons (Fsp3) is 0.360. The van der Waals surface area contributed by atoms with Crippen molar-refractivity contribution < 1.29 is 23.6 Å². The predicted molar refractivity (Wildman–Crippen MR) is 124 cm³/mol. The average Bonchev–Trinajstić information content (AvgIpc) is 3.03. The van der Waals surface area contributed by atoms with Crippen LogP contribution in [0.5, 0.6) is 0 Å². The molecule has 2 aliphatic rings. The maximum atomic E-state index is 14.5. The van der Waals surface area contributed by atoms with Crippen molar-refractivity contribution in [2.75, 3.05) is 37.6 Å². The van der Waals surface area contributed by atoms with Crippen molar-refractivity contribution in [3.8, 4) is 0 Å². The van der Waals surface area contributed by atoms with Crippen molar-refractivity contribution in [3.63, 3.8) is 0 Å². The van der Waals surface area contributed by atoms with Gasteiger partial charge in [0.25, 0.3) is 5.91 Å². The minimum Gasteiger partial charge on any atom is -0.366 e. The maximum absolute atomic E-state index is 14.5. The van der Waals surface area contributed by atoms with E-state index < -0.39 is 23.3 Å². The molecule has 2 aromatic carbocycles. The van der Waals surface area contributed by atoms with Gasteiger partial charge in [-0.2, -0.15) is 0 Å². The van der Waals surface area contributed by atoms with Crippen LogP contribution in [0, 0.1) is 12.7 Å². The van der Waals surface area contributed by atoms with E-state index in [1.165, 1.54) is 13.0 Å².